The van der Waals surface area contributed by atoms with Gasteiger partial charge in [0.1, 0.15) is 12.4 Å². The number of nitrogens with zero attached hydrogens (tertiary/aromatic N) is 2. The minimum atomic E-state index is -4.52. The molecule has 0 radical (unpaired) electrons. The molecule has 2 aromatic rings. The van der Waals surface area contributed by atoms with E-state index in [2.05, 4.69) is 24.3 Å². The first-order valence-electron chi connectivity index (χ1n) is 10.2. The molecule has 6 nitrogen and oxygen atoms in total. The van der Waals surface area contributed by atoms with Crippen molar-refractivity contribution in [2.45, 2.75) is 53.3 Å². The van der Waals surface area contributed by atoms with E-state index in [0.29, 0.717) is 12.3 Å². The van der Waals surface area contributed by atoms with Gasteiger partial charge >= 0.3 is 6.18 Å². The van der Waals surface area contributed by atoms with Crippen LogP contribution in [-0.2, 0) is 28.7 Å². The number of carbonyl (C=O) groups is 1. The fourth-order valence-corrected chi connectivity index (χ4v) is 3.24. The van der Waals surface area contributed by atoms with E-state index >= 15 is 0 Å². The molecular formula is C22H30F3N3O3. The summed E-state index contributed by atoms with van der Waals surface area (Å²) in [6.45, 7) is 9.27. The van der Waals surface area contributed by atoms with Gasteiger partial charge in [-0.3, -0.25) is 9.48 Å². The van der Waals surface area contributed by atoms with Crippen LogP contribution in [0.15, 0.2) is 18.2 Å². The summed E-state index contributed by atoms with van der Waals surface area (Å²) in [6, 6.07) is 3.02. The Kier molecular flexibility index (Phi) is 8.50. The summed E-state index contributed by atoms with van der Waals surface area (Å²) in [5, 5.41) is 7.10. The standard InChI is InChI=1S/C22H30F3N3O3/c1-14(2)13-28-16(4)18(15(3)27-28)7-9-21(29)26-19-12-17(22(23,24)25)6-8-20(19)31-11-10-30-5/h6,8,12,14H,7,9-11,13H2,1-5H3,(H,26,29). The molecule has 1 N–H and O–H groups in total. The van der Waals surface area contributed by atoms with Gasteiger partial charge in [-0.15, -0.1) is 0 Å². The average molecular weight is 441 g/mol. The van der Waals surface area contributed by atoms with Crippen molar-refractivity contribution in [3.05, 3.63) is 40.7 Å². The summed E-state index contributed by atoms with van der Waals surface area (Å²) in [6.07, 6.45) is -3.97. The van der Waals surface area contributed by atoms with Gasteiger partial charge in [0.25, 0.3) is 0 Å². The Labute approximate surface area is 180 Å². The van der Waals surface area contributed by atoms with Crippen LogP contribution >= 0.6 is 0 Å². The Morgan fingerprint density at radius 2 is 1.94 bits per heavy atom. The largest absolute Gasteiger partial charge is 0.489 e. The Hall–Kier alpha value is -2.55. The van der Waals surface area contributed by atoms with E-state index in [1.165, 1.54) is 13.2 Å². The van der Waals surface area contributed by atoms with Crippen molar-refractivity contribution in [2.24, 2.45) is 5.92 Å². The molecule has 0 fully saturated rings. The number of rotatable bonds is 10. The molecule has 1 amide bonds. The smallest absolute Gasteiger partial charge is 0.416 e. The number of aryl methyl sites for hydroxylation is 1. The van der Waals surface area contributed by atoms with Crippen molar-refractivity contribution in [2.75, 3.05) is 25.6 Å². The quantitative estimate of drug-likeness (QED) is 0.540. The molecule has 9 heteroatoms. The predicted octanol–water partition coefficient (Wildman–Crippen LogP) is 4.77. The summed E-state index contributed by atoms with van der Waals surface area (Å²) < 4.78 is 51.6. The molecule has 0 saturated carbocycles. The first kappa shape index (κ1) is 24.7. The minimum Gasteiger partial charge on any atom is -0.489 e. The van der Waals surface area contributed by atoms with Gasteiger partial charge in [0.2, 0.25) is 5.91 Å². The van der Waals surface area contributed by atoms with Crippen molar-refractivity contribution in [1.29, 1.82) is 0 Å². The summed E-state index contributed by atoms with van der Waals surface area (Å²) >= 11 is 0. The Balaban J connectivity index is 2.12. The number of methoxy groups -OCH3 is 1. The van der Waals surface area contributed by atoms with Gasteiger partial charge in [0.05, 0.1) is 23.6 Å². The first-order valence-corrected chi connectivity index (χ1v) is 10.2. The highest BCUT2D eigenvalue weighted by atomic mass is 19.4. The number of aromatic nitrogens is 2. The molecular weight excluding hydrogens is 411 g/mol. The second-order valence-electron chi connectivity index (χ2n) is 7.82. The fraction of sp³-hybridized carbons (Fsp3) is 0.545. The van der Waals surface area contributed by atoms with Crippen LogP contribution in [0.3, 0.4) is 0 Å². The zero-order valence-electron chi connectivity index (χ0n) is 18.6. The summed E-state index contributed by atoms with van der Waals surface area (Å²) in [7, 11) is 1.49. The average Bonchev–Trinajstić information content (AvgIpc) is 2.93. The number of anilines is 1. The maximum atomic E-state index is 13.1. The van der Waals surface area contributed by atoms with E-state index in [9.17, 15) is 18.0 Å². The molecule has 31 heavy (non-hydrogen) atoms. The molecule has 2 rings (SSSR count). The van der Waals surface area contributed by atoms with Crippen molar-refractivity contribution >= 4 is 11.6 Å². The Morgan fingerprint density at radius 3 is 2.55 bits per heavy atom. The van der Waals surface area contributed by atoms with Crippen LogP contribution in [0.5, 0.6) is 5.75 Å². The van der Waals surface area contributed by atoms with Gasteiger partial charge in [-0.25, -0.2) is 0 Å². The molecule has 0 aliphatic rings. The molecule has 172 valence electrons. The van der Waals surface area contributed by atoms with E-state index < -0.39 is 17.6 Å². The highest BCUT2D eigenvalue weighted by Gasteiger charge is 2.31. The summed E-state index contributed by atoms with van der Waals surface area (Å²) in [5.41, 5.74) is 1.97. The second kappa shape index (κ2) is 10.7. The number of nitrogens with one attached hydrogen (secondary N) is 1. The minimum absolute atomic E-state index is 0.0140. The highest BCUT2D eigenvalue weighted by Crippen LogP contribution is 2.35. The van der Waals surface area contributed by atoms with Crippen molar-refractivity contribution < 1.29 is 27.4 Å². The number of halogens is 3. The van der Waals surface area contributed by atoms with Gasteiger partial charge in [0.15, 0.2) is 0 Å². The lowest BCUT2D eigenvalue weighted by atomic mass is 10.1. The van der Waals surface area contributed by atoms with E-state index in [1.807, 2.05) is 18.5 Å². The van der Waals surface area contributed by atoms with Crippen LogP contribution in [0.1, 0.15) is 42.8 Å². The molecule has 1 aromatic carbocycles. The third kappa shape index (κ3) is 6.99. The van der Waals surface area contributed by atoms with Crippen molar-refractivity contribution in [3.8, 4) is 5.75 Å². The van der Waals surface area contributed by atoms with Crippen LogP contribution < -0.4 is 10.1 Å². The van der Waals surface area contributed by atoms with E-state index in [4.69, 9.17) is 9.47 Å². The molecule has 0 saturated heterocycles. The number of carbonyl (C=O) groups excluding carboxylic acids is 1. The van der Waals surface area contributed by atoms with Crippen LogP contribution in [0.2, 0.25) is 0 Å². The van der Waals surface area contributed by atoms with Crippen LogP contribution in [-0.4, -0.2) is 36.0 Å². The summed E-state index contributed by atoms with van der Waals surface area (Å²) in [5.74, 6) is 0.202. The topological polar surface area (TPSA) is 65.4 Å². The molecule has 0 spiro atoms. The maximum absolute atomic E-state index is 13.1. The first-order chi connectivity index (χ1) is 14.5. The van der Waals surface area contributed by atoms with Gasteiger partial charge < -0.3 is 14.8 Å². The third-order valence-electron chi connectivity index (χ3n) is 4.80. The lowest BCUT2D eigenvalue weighted by molar-refractivity contribution is -0.137. The molecule has 0 unspecified atom stereocenters. The van der Waals surface area contributed by atoms with Crippen LogP contribution in [0.4, 0.5) is 18.9 Å². The second-order valence-corrected chi connectivity index (χ2v) is 7.82. The maximum Gasteiger partial charge on any atom is 0.416 e. The zero-order valence-corrected chi connectivity index (χ0v) is 18.6. The molecule has 0 atom stereocenters. The fourth-order valence-electron chi connectivity index (χ4n) is 3.24. The number of hydrogen-bond donors (Lipinski definition) is 1. The van der Waals surface area contributed by atoms with Gasteiger partial charge in [0, 0.05) is 25.8 Å². The van der Waals surface area contributed by atoms with E-state index in [1.54, 1.807) is 0 Å². The van der Waals surface area contributed by atoms with E-state index in [0.717, 1.165) is 35.6 Å². The monoisotopic (exact) mass is 441 g/mol. The summed E-state index contributed by atoms with van der Waals surface area (Å²) in [4.78, 5) is 12.5. The normalized spacial score (nSPS) is 11.8. The van der Waals surface area contributed by atoms with Gasteiger partial charge in [-0.2, -0.15) is 18.3 Å². The van der Waals surface area contributed by atoms with Crippen molar-refractivity contribution in [3.63, 3.8) is 0 Å². The van der Waals surface area contributed by atoms with Crippen LogP contribution in [0.25, 0.3) is 0 Å². The lowest BCUT2D eigenvalue weighted by Crippen LogP contribution is -2.16. The number of amides is 1. The Morgan fingerprint density at radius 1 is 1.23 bits per heavy atom. The molecule has 1 heterocycles. The highest BCUT2D eigenvalue weighted by molar-refractivity contribution is 5.92. The molecule has 0 bridgehead atoms. The third-order valence-corrected chi connectivity index (χ3v) is 4.80. The van der Waals surface area contributed by atoms with Gasteiger partial charge in [-0.1, -0.05) is 13.8 Å². The number of benzene rings is 1. The Bertz CT molecular complexity index is 892. The number of ether oxygens (including phenoxy) is 2. The van der Waals surface area contributed by atoms with Crippen molar-refractivity contribution in [1.82, 2.24) is 9.78 Å². The number of alkyl halides is 3. The molecule has 0 aliphatic heterocycles. The van der Waals surface area contributed by atoms with E-state index in [-0.39, 0.29) is 31.1 Å². The predicted molar refractivity (Wildman–Crippen MR) is 112 cm³/mol. The molecule has 0 aliphatic carbocycles. The zero-order chi connectivity index (χ0) is 23.2. The van der Waals surface area contributed by atoms with Crippen LogP contribution in [0, 0.1) is 19.8 Å². The SMILES string of the molecule is COCCOc1ccc(C(F)(F)F)cc1NC(=O)CCc1c(C)nn(CC(C)C)c1C. The number of hydrogen-bond acceptors (Lipinski definition) is 4. The van der Waals surface area contributed by atoms with Gasteiger partial charge in [-0.05, 0) is 49.9 Å². The molecule has 1 aromatic heterocycles. The lowest BCUT2D eigenvalue weighted by Gasteiger charge is -2.15.